The first-order valence-corrected chi connectivity index (χ1v) is 29.5. The summed E-state index contributed by atoms with van der Waals surface area (Å²) in [6.07, 6.45) is 0. The smallest absolute Gasteiger partial charge is 0.297 e. The van der Waals surface area contributed by atoms with Gasteiger partial charge in [-0.3, -0.25) is 0 Å². The Hall–Kier alpha value is -8.22. The molecule has 82 heavy (non-hydrogen) atoms. The molecule has 4 heterocycles. The quantitative estimate of drug-likeness (QED) is 0.155. The zero-order valence-corrected chi connectivity index (χ0v) is 50.7. The predicted molar refractivity (Wildman–Crippen MR) is 353 cm³/mol. The lowest BCUT2D eigenvalue weighted by atomic mass is 9.35. The topological polar surface area (TPSA) is 27.8 Å². The Balaban J connectivity index is 1.11. The van der Waals surface area contributed by atoms with E-state index in [1.165, 1.54) is 60.7 Å². The van der Waals surface area contributed by atoms with Crippen LogP contribution >= 0.6 is 0 Å². The number of anilines is 9. The van der Waals surface area contributed by atoms with Gasteiger partial charge in [0.25, 0.3) is 6.71 Å². The van der Waals surface area contributed by atoms with Gasteiger partial charge in [0.1, 0.15) is 5.58 Å². The van der Waals surface area contributed by atoms with Gasteiger partial charge in [0.05, 0.1) is 22.4 Å². The highest BCUT2D eigenvalue weighted by Gasteiger charge is 2.48. The van der Waals surface area contributed by atoms with Gasteiger partial charge in [-0.05, 0) is 169 Å². The average molecular weight is 1070 g/mol. The Bertz CT molecular complexity index is 4280. The van der Waals surface area contributed by atoms with Crippen molar-refractivity contribution in [3.63, 3.8) is 0 Å². The Morgan fingerprint density at radius 2 is 0.841 bits per heavy atom. The first-order chi connectivity index (χ1) is 38.8. The van der Waals surface area contributed by atoms with E-state index in [0.717, 1.165) is 73.3 Å². The predicted octanol–water partition coefficient (Wildman–Crippen LogP) is 19.6. The van der Waals surface area contributed by atoms with Crippen molar-refractivity contribution in [2.45, 2.75) is 131 Å². The number of rotatable bonds is 6. The fourth-order valence-corrected chi connectivity index (χ4v) is 12.8. The number of para-hydroxylation sites is 2. The molecule has 0 spiro atoms. The van der Waals surface area contributed by atoms with Gasteiger partial charge in [-0.1, -0.05) is 195 Å². The second-order valence-corrected chi connectivity index (χ2v) is 28.4. The fraction of sp³-hybridized carbons (Fsp3) is 0.263. The van der Waals surface area contributed by atoms with Gasteiger partial charge in [-0.2, -0.15) is 0 Å². The van der Waals surface area contributed by atoms with Crippen molar-refractivity contribution in [3.8, 4) is 5.69 Å². The lowest BCUT2D eigenvalue weighted by Gasteiger charge is -2.44. The molecule has 0 radical (unpaired) electrons. The highest BCUT2D eigenvalue weighted by Crippen LogP contribution is 2.51. The number of aromatic nitrogens is 1. The second kappa shape index (κ2) is 18.7. The monoisotopic (exact) mass is 1070 g/mol. The summed E-state index contributed by atoms with van der Waals surface area (Å²) < 4.78 is 9.90. The Morgan fingerprint density at radius 3 is 1.44 bits per heavy atom. The molecule has 0 fully saturated rings. The molecule has 0 atom stereocenters. The molecular formula is C76H77BN4O. The van der Waals surface area contributed by atoms with Crippen molar-refractivity contribution in [1.82, 2.24) is 4.57 Å². The van der Waals surface area contributed by atoms with Gasteiger partial charge < -0.3 is 23.7 Å². The molecule has 0 saturated heterocycles. The molecule has 6 heteroatoms. The number of benzene rings is 9. The molecule has 0 N–H and O–H groups in total. The minimum absolute atomic E-state index is 0.00207. The highest BCUT2D eigenvalue weighted by molar-refractivity contribution is 7.00. The fourth-order valence-electron chi connectivity index (χ4n) is 12.8. The number of fused-ring (bicyclic) bond motifs is 9. The SMILES string of the molecule is CC(C)(C)c1ccc(N(c2ccc3c(c2)N(c2ccc(C(C)(C)C)cc2)c2cc(C(C)(C)C)cc4c2B3c2oc3ccc(C(C)(C)C)cc3c2N4c2ccc(C(C)(C)C)cc2)c2ccc3c4ccccc4n(-c4ccccc4)c3c2)cc1. The normalized spacial score (nSPS) is 13.7. The van der Waals surface area contributed by atoms with Crippen molar-refractivity contribution in [2.75, 3.05) is 14.7 Å². The lowest BCUT2D eigenvalue weighted by Crippen LogP contribution is -2.61. The van der Waals surface area contributed by atoms with Crippen LogP contribution in [0.5, 0.6) is 0 Å². The molecule has 0 bridgehead atoms. The van der Waals surface area contributed by atoms with E-state index in [4.69, 9.17) is 4.42 Å². The second-order valence-electron chi connectivity index (χ2n) is 28.4. The highest BCUT2D eigenvalue weighted by atomic mass is 16.3. The maximum absolute atomic E-state index is 7.48. The summed E-state index contributed by atoms with van der Waals surface area (Å²) in [5, 5.41) is 3.58. The van der Waals surface area contributed by atoms with E-state index < -0.39 is 0 Å². The molecule has 2 aliphatic heterocycles. The summed E-state index contributed by atoms with van der Waals surface area (Å²) in [6.45, 7) is 34.4. The Labute approximate surface area is 486 Å². The largest absolute Gasteiger partial charge is 0.468 e. The molecular weight excluding hydrogens is 996 g/mol. The van der Waals surface area contributed by atoms with Crippen LogP contribution in [-0.4, -0.2) is 11.3 Å². The Morgan fingerprint density at radius 1 is 0.354 bits per heavy atom. The molecule has 0 unspecified atom stereocenters. The average Bonchev–Trinajstić information content (AvgIpc) is 1.82. The number of nitrogens with zero attached hydrogens (tertiary/aromatic N) is 4. The molecule has 0 aliphatic carbocycles. The van der Waals surface area contributed by atoms with E-state index in [2.05, 4.69) is 317 Å². The number of furan rings is 1. The van der Waals surface area contributed by atoms with E-state index in [0.29, 0.717) is 0 Å². The van der Waals surface area contributed by atoms with Crippen molar-refractivity contribution >= 4 is 107 Å². The van der Waals surface area contributed by atoms with Gasteiger partial charge in [-0.25, -0.2) is 0 Å². The molecule has 2 aromatic heterocycles. The van der Waals surface area contributed by atoms with Crippen LogP contribution in [-0.2, 0) is 27.1 Å². The molecule has 0 saturated carbocycles. The summed E-state index contributed by atoms with van der Waals surface area (Å²) >= 11 is 0. The number of hydrogen-bond donors (Lipinski definition) is 0. The minimum atomic E-state index is -0.226. The molecule has 2 aliphatic rings. The van der Waals surface area contributed by atoms with Crippen molar-refractivity contribution in [1.29, 1.82) is 0 Å². The van der Waals surface area contributed by atoms with Crippen LogP contribution in [0.25, 0.3) is 38.5 Å². The Kier molecular flexibility index (Phi) is 12.1. The van der Waals surface area contributed by atoms with Crippen LogP contribution < -0.4 is 31.3 Å². The molecule has 9 aromatic carbocycles. The van der Waals surface area contributed by atoms with Gasteiger partial charge >= 0.3 is 0 Å². The van der Waals surface area contributed by atoms with Gasteiger partial charge in [-0.15, -0.1) is 0 Å². The van der Waals surface area contributed by atoms with Crippen molar-refractivity contribution in [3.05, 3.63) is 222 Å². The van der Waals surface area contributed by atoms with Crippen LogP contribution in [0.1, 0.15) is 132 Å². The molecule has 410 valence electrons. The summed E-state index contributed by atoms with van der Waals surface area (Å²) in [5.74, 6) is 0. The van der Waals surface area contributed by atoms with Crippen LogP contribution in [0.3, 0.4) is 0 Å². The van der Waals surface area contributed by atoms with E-state index in [9.17, 15) is 0 Å². The van der Waals surface area contributed by atoms with Crippen LogP contribution in [0.15, 0.2) is 199 Å². The zero-order valence-electron chi connectivity index (χ0n) is 50.7. The van der Waals surface area contributed by atoms with Gasteiger partial charge in [0, 0.05) is 67.3 Å². The van der Waals surface area contributed by atoms with E-state index in [1.807, 2.05) is 0 Å². The number of hydrogen-bond acceptors (Lipinski definition) is 4. The van der Waals surface area contributed by atoms with E-state index >= 15 is 0 Å². The van der Waals surface area contributed by atoms with Crippen molar-refractivity contribution < 1.29 is 4.42 Å². The van der Waals surface area contributed by atoms with Crippen molar-refractivity contribution in [2.24, 2.45) is 0 Å². The van der Waals surface area contributed by atoms with Gasteiger partial charge in [0.2, 0.25) is 0 Å². The third-order valence-electron chi connectivity index (χ3n) is 17.5. The molecule has 11 aromatic rings. The van der Waals surface area contributed by atoms with Gasteiger partial charge in [0.15, 0.2) is 0 Å². The third kappa shape index (κ3) is 8.83. The minimum Gasteiger partial charge on any atom is -0.468 e. The standard InChI is InChI=1S/C76H77BN4O/c1-72(2,3)48-25-32-54(33-26-48)78(57-38-40-60-59-23-19-20-24-63(59)79(64(60)46-57)53-21-17-16-18-22-53)58-39-41-62-65(47-58)80(55-34-27-49(28-35-55)73(4,5)6)66-44-52(76(13,14)15)45-67-69(66)77(62)71-70(61-43-51(75(10,11)12)31-42-68(61)82-71)81(67)56-36-29-50(30-37-56)74(7,8)9/h16-47H,1-15H3. The van der Waals surface area contributed by atoms with Crippen LogP contribution in [0.4, 0.5) is 51.2 Å². The van der Waals surface area contributed by atoms with E-state index in [1.54, 1.807) is 0 Å². The maximum Gasteiger partial charge on any atom is 0.297 e. The summed E-state index contributed by atoms with van der Waals surface area (Å²) in [6, 6.07) is 73.7. The zero-order chi connectivity index (χ0) is 57.6. The van der Waals surface area contributed by atoms with Crippen LogP contribution in [0, 0.1) is 0 Å². The summed E-state index contributed by atoms with van der Waals surface area (Å²) in [5.41, 5.74) is 23.9. The summed E-state index contributed by atoms with van der Waals surface area (Å²) in [4.78, 5) is 7.58. The lowest BCUT2D eigenvalue weighted by molar-refractivity contribution is 0.589. The summed E-state index contributed by atoms with van der Waals surface area (Å²) in [7, 11) is 0. The first-order valence-electron chi connectivity index (χ1n) is 29.5. The third-order valence-corrected chi connectivity index (χ3v) is 17.5. The molecule has 5 nitrogen and oxygen atoms in total. The van der Waals surface area contributed by atoms with Crippen LogP contribution in [0.2, 0.25) is 0 Å². The molecule has 0 amide bonds. The molecule has 13 rings (SSSR count). The van der Waals surface area contributed by atoms with E-state index in [-0.39, 0.29) is 33.8 Å². The first kappa shape index (κ1) is 53.1. The maximum atomic E-state index is 7.48.